The third-order valence-electron chi connectivity index (χ3n) is 12.4. The SMILES string of the molecule is CC/C=C\C/C=C\C/C=C\C/C=C\C/C=C\C/C=C\C/C=C\C/C=C\C/C=C\CCCCCCCCCCCC(=O)OC(COC(=O)CCCCCCC/C=C\C/C=C\CCCCC)COC(OCC[N+](C)(C)C)C(=O)[O-]. The second-order valence-electron chi connectivity index (χ2n) is 20.9. The van der Waals surface area contributed by atoms with Gasteiger partial charge in [0.2, 0.25) is 0 Å². The number of carbonyl (C=O) groups is 3. The summed E-state index contributed by atoms with van der Waals surface area (Å²) in [4.78, 5) is 37.3. The molecular formula is C68H111NO8. The molecule has 9 heteroatoms. The van der Waals surface area contributed by atoms with Gasteiger partial charge in [0.05, 0.1) is 40.3 Å². The summed E-state index contributed by atoms with van der Waals surface area (Å²) in [6.07, 6.45) is 79.3. The van der Waals surface area contributed by atoms with Gasteiger partial charge >= 0.3 is 11.9 Å². The Labute approximate surface area is 471 Å². The van der Waals surface area contributed by atoms with Crippen molar-refractivity contribution >= 4 is 17.9 Å². The van der Waals surface area contributed by atoms with Crippen LogP contribution in [-0.2, 0) is 33.3 Å². The average molecular weight is 1070 g/mol. The Morgan fingerprint density at radius 1 is 0.403 bits per heavy atom. The summed E-state index contributed by atoms with van der Waals surface area (Å²) in [5, 5.41) is 11.8. The van der Waals surface area contributed by atoms with Crippen LogP contribution in [-0.4, -0.2) is 82.3 Å². The van der Waals surface area contributed by atoms with Crippen molar-refractivity contribution in [3.8, 4) is 0 Å². The van der Waals surface area contributed by atoms with Crippen LogP contribution in [0.3, 0.4) is 0 Å². The van der Waals surface area contributed by atoms with Crippen LogP contribution in [0.5, 0.6) is 0 Å². The molecular weight excluding hydrogens is 959 g/mol. The number of hydrogen-bond donors (Lipinski definition) is 0. The van der Waals surface area contributed by atoms with Crippen LogP contribution in [0.25, 0.3) is 0 Å². The molecule has 0 aromatic carbocycles. The number of aliphatic carboxylic acids is 1. The van der Waals surface area contributed by atoms with Crippen LogP contribution in [0.1, 0.15) is 219 Å². The number of carboxylic acid groups (broad SMARTS) is 1. The molecule has 0 rings (SSSR count). The molecule has 2 unspecified atom stereocenters. The van der Waals surface area contributed by atoms with E-state index in [1.807, 2.05) is 21.1 Å². The molecule has 0 spiro atoms. The Morgan fingerprint density at radius 3 is 1.10 bits per heavy atom. The predicted molar refractivity (Wildman–Crippen MR) is 324 cm³/mol. The van der Waals surface area contributed by atoms with Gasteiger partial charge in [0.25, 0.3) is 0 Å². The van der Waals surface area contributed by atoms with Gasteiger partial charge in [-0.05, 0) is 116 Å². The van der Waals surface area contributed by atoms with Crippen molar-refractivity contribution in [3.63, 3.8) is 0 Å². The highest BCUT2D eigenvalue weighted by molar-refractivity contribution is 5.70. The molecule has 0 saturated heterocycles. The number of likely N-dealkylation sites (N-methyl/N-ethyl adjacent to an activating group) is 1. The smallest absolute Gasteiger partial charge is 0.306 e. The summed E-state index contributed by atoms with van der Waals surface area (Å²) in [6.45, 7) is 4.56. The van der Waals surface area contributed by atoms with Gasteiger partial charge in [-0.1, -0.05) is 225 Å². The summed E-state index contributed by atoms with van der Waals surface area (Å²) < 4.78 is 22.7. The van der Waals surface area contributed by atoms with Crippen LogP contribution in [0.4, 0.5) is 0 Å². The number of hydrogen-bond acceptors (Lipinski definition) is 8. The van der Waals surface area contributed by atoms with E-state index in [4.69, 9.17) is 18.9 Å². The minimum Gasteiger partial charge on any atom is -0.545 e. The molecule has 2 atom stereocenters. The Kier molecular flexibility index (Phi) is 54.2. The van der Waals surface area contributed by atoms with Crippen LogP contribution >= 0.6 is 0 Å². The van der Waals surface area contributed by atoms with E-state index in [1.165, 1.54) is 57.8 Å². The summed E-state index contributed by atoms with van der Waals surface area (Å²) in [5.74, 6) is -2.32. The minimum atomic E-state index is -1.63. The van der Waals surface area contributed by atoms with Crippen molar-refractivity contribution in [3.05, 3.63) is 134 Å². The Hall–Kier alpha value is -4.57. The molecule has 0 aliphatic carbocycles. The summed E-state index contributed by atoms with van der Waals surface area (Å²) in [7, 11) is 5.90. The Balaban J connectivity index is 4.21. The number of quaternary nitrogens is 1. The van der Waals surface area contributed by atoms with E-state index in [1.54, 1.807) is 0 Å². The summed E-state index contributed by atoms with van der Waals surface area (Å²) in [6, 6.07) is 0. The number of carboxylic acids is 1. The first-order chi connectivity index (χ1) is 37.6. The number of rotatable bonds is 54. The number of carbonyl (C=O) groups excluding carboxylic acids is 3. The molecule has 0 fully saturated rings. The van der Waals surface area contributed by atoms with Crippen molar-refractivity contribution in [2.75, 3.05) is 47.5 Å². The highest BCUT2D eigenvalue weighted by atomic mass is 16.7. The molecule has 436 valence electrons. The zero-order chi connectivity index (χ0) is 56.2. The van der Waals surface area contributed by atoms with Crippen LogP contribution < -0.4 is 5.11 Å². The average Bonchev–Trinajstić information content (AvgIpc) is 3.40. The standard InChI is InChI=1S/C68H111NO8/c1-6-8-10-12-14-16-18-20-22-23-24-25-26-27-28-29-30-31-32-33-34-35-36-37-38-39-40-41-42-43-45-47-49-51-53-55-57-59-66(71)77-64(63-76-68(67(72)73)74-61-60-69(3,4)5)62-75-65(70)58-56-54-52-50-48-46-44-21-19-17-15-13-11-9-7-2/h8,10,14-17,20-22,24-25,27-28,30-31,33-34,36-37,39-40,44,64,68H,6-7,9,11-13,18-19,23,26,29,32,35,38,41-43,45-63H2,1-5H3/b10-8-,16-14-,17-15-,22-20-,25-24-,28-27-,31-30-,34-33-,37-36-,40-39-,44-21-. The molecule has 0 aliphatic rings. The monoisotopic (exact) mass is 1070 g/mol. The topological polar surface area (TPSA) is 111 Å². The molecule has 77 heavy (non-hydrogen) atoms. The molecule has 0 amide bonds. The van der Waals surface area contributed by atoms with Gasteiger partial charge in [-0.3, -0.25) is 9.59 Å². The van der Waals surface area contributed by atoms with E-state index in [9.17, 15) is 19.5 Å². The van der Waals surface area contributed by atoms with Crippen LogP contribution in [0.15, 0.2) is 134 Å². The van der Waals surface area contributed by atoms with Crippen molar-refractivity contribution in [2.24, 2.45) is 0 Å². The number of unbranched alkanes of at least 4 members (excludes halogenated alkanes) is 17. The highest BCUT2D eigenvalue weighted by Gasteiger charge is 2.22. The summed E-state index contributed by atoms with van der Waals surface area (Å²) in [5.41, 5.74) is 0. The Bertz CT molecular complexity index is 1720. The lowest BCUT2D eigenvalue weighted by Crippen LogP contribution is -2.44. The molecule has 0 aromatic heterocycles. The van der Waals surface area contributed by atoms with Gasteiger partial charge in [-0.2, -0.15) is 0 Å². The third-order valence-corrected chi connectivity index (χ3v) is 12.4. The van der Waals surface area contributed by atoms with Crippen LogP contribution in [0.2, 0.25) is 0 Å². The van der Waals surface area contributed by atoms with E-state index in [-0.39, 0.29) is 38.6 Å². The van der Waals surface area contributed by atoms with Crippen molar-refractivity contribution < 1.29 is 42.9 Å². The fourth-order valence-electron chi connectivity index (χ4n) is 7.73. The maximum Gasteiger partial charge on any atom is 0.306 e. The highest BCUT2D eigenvalue weighted by Crippen LogP contribution is 2.14. The zero-order valence-electron chi connectivity index (χ0n) is 49.5. The largest absolute Gasteiger partial charge is 0.545 e. The maximum atomic E-state index is 12.9. The molecule has 0 radical (unpaired) electrons. The number of nitrogens with zero attached hydrogens (tertiary/aromatic N) is 1. The molecule has 0 N–H and O–H groups in total. The first kappa shape index (κ1) is 72.4. The summed E-state index contributed by atoms with van der Waals surface area (Å²) >= 11 is 0. The molecule has 0 heterocycles. The molecule has 9 nitrogen and oxygen atoms in total. The fraction of sp³-hybridized carbons (Fsp3) is 0.632. The lowest BCUT2D eigenvalue weighted by molar-refractivity contribution is -0.870. The number of ether oxygens (including phenoxy) is 4. The van der Waals surface area contributed by atoms with Crippen molar-refractivity contribution in [1.82, 2.24) is 0 Å². The van der Waals surface area contributed by atoms with Gasteiger partial charge in [0.15, 0.2) is 12.4 Å². The van der Waals surface area contributed by atoms with Crippen molar-refractivity contribution in [1.29, 1.82) is 0 Å². The van der Waals surface area contributed by atoms with E-state index in [2.05, 4.69) is 148 Å². The van der Waals surface area contributed by atoms with Crippen molar-refractivity contribution in [2.45, 2.75) is 232 Å². The maximum absolute atomic E-state index is 12.9. The van der Waals surface area contributed by atoms with E-state index in [0.29, 0.717) is 17.4 Å². The molecule has 0 saturated carbocycles. The molecule has 0 bridgehead atoms. The van der Waals surface area contributed by atoms with Gasteiger partial charge in [-0.15, -0.1) is 0 Å². The third kappa shape index (κ3) is 58.9. The molecule has 0 aromatic rings. The second kappa shape index (κ2) is 57.6. The lowest BCUT2D eigenvalue weighted by atomic mass is 10.1. The quantitative estimate of drug-likeness (QED) is 0.0195. The number of allylic oxidation sites excluding steroid dienone is 22. The predicted octanol–water partition coefficient (Wildman–Crippen LogP) is 16.9. The van der Waals surface area contributed by atoms with E-state index < -0.39 is 24.3 Å². The van der Waals surface area contributed by atoms with E-state index in [0.717, 1.165) is 128 Å². The minimum absolute atomic E-state index is 0.137. The fourth-order valence-corrected chi connectivity index (χ4v) is 7.73. The van der Waals surface area contributed by atoms with Gasteiger partial charge in [0, 0.05) is 12.8 Å². The Morgan fingerprint density at radius 2 is 0.740 bits per heavy atom. The second-order valence-corrected chi connectivity index (χ2v) is 20.9. The van der Waals surface area contributed by atoms with Crippen LogP contribution in [0, 0.1) is 0 Å². The lowest BCUT2D eigenvalue weighted by Gasteiger charge is -2.26. The van der Waals surface area contributed by atoms with Gasteiger partial charge in [-0.25, -0.2) is 0 Å². The first-order valence-corrected chi connectivity index (χ1v) is 30.3. The van der Waals surface area contributed by atoms with Gasteiger partial charge in [0.1, 0.15) is 13.2 Å². The zero-order valence-corrected chi connectivity index (χ0v) is 49.5. The molecule has 0 aliphatic heterocycles. The van der Waals surface area contributed by atoms with E-state index >= 15 is 0 Å². The first-order valence-electron chi connectivity index (χ1n) is 30.3. The van der Waals surface area contributed by atoms with Gasteiger partial charge < -0.3 is 33.3 Å². The number of esters is 2. The normalized spacial score (nSPS) is 13.7.